The van der Waals surface area contributed by atoms with Gasteiger partial charge in [0.1, 0.15) is 5.54 Å². The molecule has 21 heavy (non-hydrogen) atoms. The van der Waals surface area contributed by atoms with E-state index in [1.807, 2.05) is 6.07 Å². The van der Waals surface area contributed by atoms with Crippen LogP contribution in [-0.2, 0) is 16.1 Å². The van der Waals surface area contributed by atoms with Crippen LogP contribution in [0.25, 0.3) is 0 Å². The first-order chi connectivity index (χ1) is 10.2. The van der Waals surface area contributed by atoms with Crippen LogP contribution in [-0.4, -0.2) is 42.6 Å². The molecule has 114 valence electrons. The first-order valence-electron chi connectivity index (χ1n) is 7.84. The van der Waals surface area contributed by atoms with Crippen molar-refractivity contribution >= 4 is 5.97 Å². The second-order valence-corrected chi connectivity index (χ2v) is 6.25. The van der Waals surface area contributed by atoms with Crippen molar-refractivity contribution in [3.8, 4) is 0 Å². The van der Waals surface area contributed by atoms with Gasteiger partial charge in [0.05, 0.1) is 7.11 Å². The molecule has 1 aliphatic heterocycles. The number of methoxy groups -OCH3 is 1. The molecular formula is C17H24N2O2. The van der Waals surface area contributed by atoms with Gasteiger partial charge in [-0.15, -0.1) is 0 Å². The minimum Gasteiger partial charge on any atom is -0.468 e. The molecule has 0 amide bonds. The van der Waals surface area contributed by atoms with Crippen molar-refractivity contribution in [2.24, 2.45) is 0 Å². The maximum absolute atomic E-state index is 12.2. The lowest BCUT2D eigenvalue weighted by atomic mass is 9.87. The summed E-state index contributed by atoms with van der Waals surface area (Å²) in [5, 5.41) is 3.54. The van der Waals surface area contributed by atoms with E-state index in [9.17, 15) is 4.79 Å². The highest BCUT2D eigenvalue weighted by atomic mass is 16.5. The number of likely N-dealkylation sites (tertiary alicyclic amines) is 1. The lowest BCUT2D eigenvalue weighted by Crippen LogP contribution is -2.59. The van der Waals surface area contributed by atoms with Crippen molar-refractivity contribution in [1.82, 2.24) is 10.2 Å². The number of rotatable bonds is 5. The summed E-state index contributed by atoms with van der Waals surface area (Å²) in [4.78, 5) is 14.6. The first kappa shape index (κ1) is 14.5. The fourth-order valence-electron chi connectivity index (χ4n) is 3.16. The summed E-state index contributed by atoms with van der Waals surface area (Å²) >= 11 is 0. The Hall–Kier alpha value is -1.39. The molecule has 0 unspecified atom stereocenters. The normalized spacial score (nSPS) is 22.0. The fourth-order valence-corrected chi connectivity index (χ4v) is 3.16. The number of nitrogens with zero attached hydrogens (tertiary/aromatic N) is 1. The monoisotopic (exact) mass is 288 g/mol. The molecule has 1 heterocycles. The van der Waals surface area contributed by atoms with Crippen molar-refractivity contribution in [3.05, 3.63) is 35.9 Å². The zero-order valence-corrected chi connectivity index (χ0v) is 12.7. The van der Waals surface area contributed by atoms with Crippen molar-refractivity contribution in [3.63, 3.8) is 0 Å². The molecule has 3 rings (SSSR count). The van der Waals surface area contributed by atoms with Gasteiger partial charge >= 0.3 is 5.97 Å². The summed E-state index contributed by atoms with van der Waals surface area (Å²) in [6, 6.07) is 11.0. The van der Waals surface area contributed by atoms with E-state index in [1.54, 1.807) is 0 Å². The number of esters is 1. The summed E-state index contributed by atoms with van der Waals surface area (Å²) in [6.07, 6.45) is 4.05. The zero-order chi connectivity index (χ0) is 14.7. The molecule has 2 aliphatic rings. The van der Waals surface area contributed by atoms with E-state index >= 15 is 0 Å². The van der Waals surface area contributed by atoms with Gasteiger partial charge in [0.15, 0.2) is 0 Å². The van der Waals surface area contributed by atoms with Gasteiger partial charge in [0.2, 0.25) is 0 Å². The summed E-state index contributed by atoms with van der Waals surface area (Å²) in [5.74, 6) is -0.0891. The Kier molecular flexibility index (Phi) is 4.27. The first-order valence-corrected chi connectivity index (χ1v) is 7.84. The topological polar surface area (TPSA) is 41.6 Å². The summed E-state index contributed by atoms with van der Waals surface area (Å²) < 4.78 is 5.06. The van der Waals surface area contributed by atoms with Crippen LogP contribution in [0.1, 0.15) is 31.2 Å². The Balaban J connectivity index is 1.60. The van der Waals surface area contributed by atoms with Crippen molar-refractivity contribution in [2.45, 2.75) is 43.8 Å². The van der Waals surface area contributed by atoms with E-state index in [-0.39, 0.29) is 5.97 Å². The van der Waals surface area contributed by atoms with E-state index < -0.39 is 5.54 Å². The molecule has 0 bridgehead atoms. The standard InChI is InChI=1S/C17H24N2O2/c1-21-16(20)17(18-15-7-8-15)9-11-19(12-10-17)13-14-5-3-2-4-6-14/h2-6,15,18H,7-13H2,1H3. The Bertz CT molecular complexity index is 477. The van der Waals surface area contributed by atoms with Gasteiger partial charge in [0, 0.05) is 25.7 Å². The Morgan fingerprint density at radius 2 is 1.95 bits per heavy atom. The third-order valence-corrected chi connectivity index (χ3v) is 4.59. The SMILES string of the molecule is COC(=O)C1(NC2CC2)CCN(Cc2ccccc2)CC1. The Labute approximate surface area is 126 Å². The van der Waals surface area contributed by atoms with E-state index in [4.69, 9.17) is 4.74 Å². The maximum atomic E-state index is 12.2. The van der Waals surface area contributed by atoms with Gasteiger partial charge in [-0.25, -0.2) is 0 Å². The summed E-state index contributed by atoms with van der Waals surface area (Å²) in [6.45, 7) is 2.83. The second-order valence-electron chi connectivity index (χ2n) is 6.25. The number of ether oxygens (including phenoxy) is 1. The van der Waals surface area contributed by atoms with E-state index in [0.717, 1.165) is 32.5 Å². The van der Waals surface area contributed by atoms with Crippen LogP contribution in [0, 0.1) is 0 Å². The van der Waals surface area contributed by atoms with Gasteiger partial charge in [0.25, 0.3) is 0 Å². The van der Waals surface area contributed by atoms with Gasteiger partial charge in [-0.05, 0) is 31.2 Å². The molecule has 1 aliphatic carbocycles. The van der Waals surface area contributed by atoms with Crippen LogP contribution >= 0.6 is 0 Å². The predicted molar refractivity (Wildman–Crippen MR) is 81.9 cm³/mol. The van der Waals surface area contributed by atoms with Crippen molar-refractivity contribution in [1.29, 1.82) is 0 Å². The average molecular weight is 288 g/mol. The molecule has 0 atom stereocenters. The zero-order valence-electron chi connectivity index (χ0n) is 12.7. The van der Waals surface area contributed by atoms with Crippen LogP contribution in [0.3, 0.4) is 0 Å². The van der Waals surface area contributed by atoms with Crippen molar-refractivity contribution in [2.75, 3.05) is 20.2 Å². The number of carbonyl (C=O) groups is 1. The van der Waals surface area contributed by atoms with E-state index in [2.05, 4.69) is 34.5 Å². The fraction of sp³-hybridized carbons (Fsp3) is 0.588. The van der Waals surface area contributed by atoms with Crippen LogP contribution in [0.2, 0.25) is 0 Å². The van der Waals surface area contributed by atoms with Gasteiger partial charge < -0.3 is 4.74 Å². The molecule has 4 heteroatoms. The number of carbonyl (C=O) groups excluding carboxylic acids is 1. The lowest BCUT2D eigenvalue weighted by Gasteiger charge is -2.40. The number of nitrogens with one attached hydrogen (secondary N) is 1. The number of hydrogen-bond donors (Lipinski definition) is 1. The van der Waals surface area contributed by atoms with Crippen LogP contribution in [0.5, 0.6) is 0 Å². The van der Waals surface area contributed by atoms with Gasteiger partial charge in [-0.3, -0.25) is 15.0 Å². The molecule has 0 radical (unpaired) electrons. The molecule has 1 saturated carbocycles. The molecule has 1 N–H and O–H groups in total. The third-order valence-electron chi connectivity index (χ3n) is 4.59. The van der Waals surface area contributed by atoms with Gasteiger partial charge in [-0.1, -0.05) is 30.3 Å². The predicted octanol–water partition coefficient (Wildman–Crippen LogP) is 1.95. The third kappa shape index (κ3) is 3.44. The molecule has 1 saturated heterocycles. The number of piperidine rings is 1. The summed E-state index contributed by atoms with van der Waals surface area (Å²) in [5.41, 5.74) is 0.876. The molecule has 0 spiro atoms. The molecule has 0 aromatic heterocycles. The molecule has 4 nitrogen and oxygen atoms in total. The summed E-state index contributed by atoms with van der Waals surface area (Å²) in [7, 11) is 1.50. The molecule has 2 fully saturated rings. The quantitative estimate of drug-likeness (QED) is 0.841. The van der Waals surface area contributed by atoms with Crippen LogP contribution in [0.4, 0.5) is 0 Å². The minimum absolute atomic E-state index is 0.0891. The molecule has 1 aromatic rings. The van der Waals surface area contributed by atoms with E-state index in [1.165, 1.54) is 25.5 Å². The maximum Gasteiger partial charge on any atom is 0.326 e. The largest absolute Gasteiger partial charge is 0.468 e. The van der Waals surface area contributed by atoms with Crippen LogP contribution < -0.4 is 5.32 Å². The highest BCUT2D eigenvalue weighted by Crippen LogP contribution is 2.30. The number of benzene rings is 1. The highest BCUT2D eigenvalue weighted by Gasteiger charge is 2.45. The molecular weight excluding hydrogens is 264 g/mol. The second kappa shape index (κ2) is 6.16. The Morgan fingerprint density at radius 1 is 1.29 bits per heavy atom. The number of hydrogen-bond acceptors (Lipinski definition) is 4. The van der Waals surface area contributed by atoms with Gasteiger partial charge in [-0.2, -0.15) is 0 Å². The highest BCUT2D eigenvalue weighted by molar-refractivity contribution is 5.81. The van der Waals surface area contributed by atoms with Crippen molar-refractivity contribution < 1.29 is 9.53 Å². The average Bonchev–Trinajstić information content (AvgIpc) is 3.33. The smallest absolute Gasteiger partial charge is 0.326 e. The lowest BCUT2D eigenvalue weighted by molar-refractivity contribution is -0.151. The van der Waals surface area contributed by atoms with E-state index in [0.29, 0.717) is 6.04 Å². The van der Waals surface area contributed by atoms with Crippen LogP contribution in [0.15, 0.2) is 30.3 Å². The minimum atomic E-state index is -0.455. The molecule has 1 aromatic carbocycles. The Morgan fingerprint density at radius 3 is 2.52 bits per heavy atom.